The fourth-order valence-corrected chi connectivity index (χ4v) is 6.17. The van der Waals surface area contributed by atoms with E-state index in [-0.39, 0.29) is 6.61 Å². The smallest absolute Gasteiger partial charge is 0.321 e. The number of H-pyrrole nitrogens is 1. The number of aromatic amines is 1. The Morgan fingerprint density at radius 2 is 2.00 bits per heavy atom. The summed E-state index contributed by atoms with van der Waals surface area (Å²) in [6.07, 6.45) is 2.79. The number of esters is 2. The largest absolute Gasteiger partial charge is 0.480 e. The molecule has 8 nitrogen and oxygen atoms in total. The van der Waals surface area contributed by atoms with Gasteiger partial charge in [-0.3, -0.25) is 19.3 Å². The van der Waals surface area contributed by atoms with E-state index in [1.54, 1.807) is 0 Å². The number of carbonyl (C=O) groups is 3. The van der Waals surface area contributed by atoms with Crippen LogP contribution < -0.4 is 0 Å². The van der Waals surface area contributed by atoms with Crippen LogP contribution in [0.4, 0.5) is 0 Å². The number of methoxy groups -OCH3 is 1. The number of carboxylic acid groups (broad SMARTS) is 1. The van der Waals surface area contributed by atoms with Crippen LogP contribution in [0.25, 0.3) is 10.9 Å². The molecule has 182 valence electrons. The molecule has 1 aromatic heterocycles. The molecular weight excluding hydrogens is 436 g/mol. The Balaban J connectivity index is 1.89. The van der Waals surface area contributed by atoms with Gasteiger partial charge in [0.25, 0.3) is 0 Å². The van der Waals surface area contributed by atoms with Crippen molar-refractivity contribution in [2.45, 2.75) is 52.1 Å². The quantitative estimate of drug-likeness (QED) is 0.511. The number of aromatic nitrogens is 1. The van der Waals surface area contributed by atoms with E-state index in [2.05, 4.69) is 4.98 Å². The Labute approximate surface area is 198 Å². The second-order valence-electron chi connectivity index (χ2n) is 9.77. The minimum absolute atomic E-state index is 0.103. The third-order valence-electron chi connectivity index (χ3n) is 7.89. The molecule has 2 aromatic rings. The third-order valence-corrected chi connectivity index (χ3v) is 7.89. The Morgan fingerprint density at radius 3 is 2.62 bits per heavy atom. The summed E-state index contributed by atoms with van der Waals surface area (Å²) in [6.45, 7) is 7.51. The zero-order valence-corrected chi connectivity index (χ0v) is 20.3. The average Bonchev–Trinajstić information content (AvgIpc) is 3.17. The Morgan fingerprint density at radius 1 is 1.29 bits per heavy atom. The molecule has 0 amide bonds. The SMILES string of the molecule is CC=C1CN2C(C(=O)O)Cc3c([nH]c4ccccc34)C2(C)CC1(C)C(COC(C)=O)C(=O)OC. The van der Waals surface area contributed by atoms with Crippen molar-refractivity contribution in [3.8, 4) is 0 Å². The number of allylic oxidation sites excluding steroid dienone is 1. The molecule has 34 heavy (non-hydrogen) atoms. The van der Waals surface area contributed by atoms with Crippen molar-refractivity contribution >= 4 is 28.8 Å². The normalized spacial score (nSPS) is 28.7. The molecule has 3 heterocycles. The maximum atomic E-state index is 13.0. The number of rotatable bonds is 5. The first-order chi connectivity index (χ1) is 16.1. The number of piperidine rings is 1. The number of carbonyl (C=O) groups excluding carboxylic acids is 2. The molecule has 2 N–H and O–H groups in total. The van der Waals surface area contributed by atoms with Crippen LogP contribution in [-0.4, -0.2) is 59.2 Å². The molecule has 4 unspecified atom stereocenters. The average molecular weight is 469 g/mol. The molecule has 8 heteroatoms. The molecule has 2 aliphatic heterocycles. The van der Waals surface area contributed by atoms with Gasteiger partial charge in [-0.05, 0) is 31.9 Å². The number of fused-ring (bicyclic) bond motifs is 5. The zero-order chi connectivity index (χ0) is 24.8. The fourth-order valence-electron chi connectivity index (χ4n) is 6.17. The number of ether oxygens (including phenoxy) is 2. The van der Waals surface area contributed by atoms with E-state index in [0.29, 0.717) is 19.4 Å². The molecule has 2 aliphatic rings. The van der Waals surface area contributed by atoms with Gasteiger partial charge < -0.3 is 19.6 Å². The van der Waals surface area contributed by atoms with Gasteiger partial charge in [0.2, 0.25) is 0 Å². The van der Waals surface area contributed by atoms with Gasteiger partial charge >= 0.3 is 17.9 Å². The molecule has 4 atom stereocenters. The molecule has 1 saturated heterocycles. The second kappa shape index (κ2) is 8.58. The standard InChI is InChI=1S/C26H32N2O6/c1-6-16-12-28-21(23(30)31)11-18-17-9-7-8-10-20(17)27-22(18)26(28,4)14-25(16,3)19(24(32)33-5)13-34-15(2)29/h6-10,19,21,27H,11-14H2,1-5H3,(H,30,31). The van der Waals surface area contributed by atoms with E-state index in [1.165, 1.54) is 14.0 Å². The molecule has 0 saturated carbocycles. The van der Waals surface area contributed by atoms with Gasteiger partial charge in [-0.15, -0.1) is 0 Å². The lowest BCUT2D eigenvalue weighted by molar-refractivity contribution is -0.162. The summed E-state index contributed by atoms with van der Waals surface area (Å²) in [4.78, 5) is 42.6. The van der Waals surface area contributed by atoms with Crippen LogP contribution in [0.2, 0.25) is 0 Å². The predicted molar refractivity (Wildman–Crippen MR) is 126 cm³/mol. The van der Waals surface area contributed by atoms with Gasteiger partial charge in [0.1, 0.15) is 18.6 Å². The first-order valence-corrected chi connectivity index (χ1v) is 11.5. The number of para-hydroxylation sites is 1. The van der Waals surface area contributed by atoms with Crippen LogP contribution in [0.5, 0.6) is 0 Å². The van der Waals surface area contributed by atoms with E-state index in [4.69, 9.17) is 9.47 Å². The number of hydrogen-bond acceptors (Lipinski definition) is 6. The Kier molecular flexibility index (Phi) is 6.06. The Hall–Kier alpha value is -3.13. The summed E-state index contributed by atoms with van der Waals surface area (Å²) in [7, 11) is 1.33. The number of nitrogens with zero attached hydrogens (tertiary/aromatic N) is 1. The van der Waals surface area contributed by atoms with Crippen LogP contribution >= 0.6 is 0 Å². The van der Waals surface area contributed by atoms with Gasteiger partial charge in [0.15, 0.2) is 0 Å². The molecule has 1 aromatic carbocycles. The highest BCUT2D eigenvalue weighted by Gasteiger charge is 2.58. The van der Waals surface area contributed by atoms with Crippen molar-refractivity contribution in [1.29, 1.82) is 0 Å². The molecule has 4 rings (SSSR count). The summed E-state index contributed by atoms with van der Waals surface area (Å²) in [5.41, 5.74) is 2.45. The van der Waals surface area contributed by atoms with Crippen molar-refractivity contribution in [3.05, 3.63) is 47.2 Å². The highest BCUT2D eigenvalue weighted by molar-refractivity contribution is 5.87. The molecular formula is C26H32N2O6. The van der Waals surface area contributed by atoms with Crippen molar-refractivity contribution in [1.82, 2.24) is 9.88 Å². The van der Waals surface area contributed by atoms with Gasteiger partial charge in [-0.2, -0.15) is 0 Å². The maximum absolute atomic E-state index is 13.0. The highest BCUT2D eigenvalue weighted by Crippen LogP contribution is 2.56. The van der Waals surface area contributed by atoms with Crippen LogP contribution in [0.3, 0.4) is 0 Å². The first kappa shape index (κ1) is 24.0. The monoisotopic (exact) mass is 468 g/mol. The highest BCUT2D eigenvalue weighted by atomic mass is 16.5. The van der Waals surface area contributed by atoms with E-state index in [1.807, 2.05) is 56.0 Å². The molecule has 0 bridgehead atoms. The van der Waals surface area contributed by atoms with Gasteiger partial charge in [0.05, 0.1) is 12.6 Å². The van der Waals surface area contributed by atoms with E-state index in [0.717, 1.165) is 27.7 Å². The van der Waals surface area contributed by atoms with E-state index < -0.39 is 40.8 Å². The fraction of sp³-hybridized carbons (Fsp3) is 0.500. The summed E-state index contributed by atoms with van der Waals surface area (Å²) in [5.74, 6) is -2.53. The van der Waals surface area contributed by atoms with Crippen molar-refractivity contribution in [3.63, 3.8) is 0 Å². The maximum Gasteiger partial charge on any atom is 0.321 e. The van der Waals surface area contributed by atoms with Gasteiger partial charge in [-0.1, -0.05) is 36.8 Å². The summed E-state index contributed by atoms with van der Waals surface area (Å²) in [5, 5.41) is 11.2. The lowest BCUT2D eigenvalue weighted by Crippen LogP contribution is -2.64. The van der Waals surface area contributed by atoms with Gasteiger partial charge in [0, 0.05) is 41.9 Å². The topological polar surface area (TPSA) is 109 Å². The van der Waals surface area contributed by atoms with Crippen molar-refractivity contribution in [2.24, 2.45) is 11.3 Å². The minimum atomic E-state index is -0.870. The van der Waals surface area contributed by atoms with Gasteiger partial charge in [-0.25, -0.2) is 0 Å². The molecule has 0 spiro atoms. The lowest BCUT2D eigenvalue weighted by Gasteiger charge is -2.58. The Bertz CT molecular complexity index is 1180. The van der Waals surface area contributed by atoms with E-state index in [9.17, 15) is 19.5 Å². The predicted octanol–water partition coefficient (Wildman–Crippen LogP) is 3.40. The summed E-state index contributed by atoms with van der Waals surface area (Å²) < 4.78 is 10.4. The molecule has 0 aliphatic carbocycles. The van der Waals surface area contributed by atoms with Crippen LogP contribution in [0.1, 0.15) is 45.4 Å². The first-order valence-electron chi connectivity index (χ1n) is 11.5. The van der Waals surface area contributed by atoms with E-state index >= 15 is 0 Å². The lowest BCUT2D eigenvalue weighted by atomic mass is 9.59. The molecule has 1 fully saturated rings. The second-order valence-corrected chi connectivity index (χ2v) is 9.77. The number of benzene rings is 1. The number of hydrogen-bond donors (Lipinski definition) is 2. The number of carboxylic acids is 1. The number of aliphatic carboxylic acids is 1. The minimum Gasteiger partial charge on any atom is -0.480 e. The summed E-state index contributed by atoms with van der Waals surface area (Å²) in [6, 6.07) is 7.21. The zero-order valence-electron chi connectivity index (χ0n) is 20.3. The number of nitrogens with one attached hydrogen (secondary N) is 1. The van der Waals surface area contributed by atoms with Crippen LogP contribution in [0, 0.1) is 11.3 Å². The van der Waals surface area contributed by atoms with Crippen molar-refractivity contribution < 1.29 is 29.0 Å². The van der Waals surface area contributed by atoms with Crippen LogP contribution in [0.15, 0.2) is 35.9 Å². The summed E-state index contributed by atoms with van der Waals surface area (Å²) >= 11 is 0. The third kappa shape index (κ3) is 3.60. The molecule has 0 radical (unpaired) electrons. The van der Waals surface area contributed by atoms with Crippen LogP contribution in [-0.2, 0) is 35.8 Å². The van der Waals surface area contributed by atoms with Crippen molar-refractivity contribution in [2.75, 3.05) is 20.3 Å².